The average molecular weight is 351 g/mol. The van der Waals surface area contributed by atoms with E-state index < -0.39 is 0 Å². The Morgan fingerprint density at radius 3 is 2.35 bits per heavy atom. The van der Waals surface area contributed by atoms with Gasteiger partial charge in [0.1, 0.15) is 11.6 Å². The van der Waals surface area contributed by atoms with Crippen molar-refractivity contribution in [1.82, 2.24) is 9.97 Å². The van der Waals surface area contributed by atoms with Gasteiger partial charge in [-0.1, -0.05) is 6.07 Å². The molecule has 0 bridgehead atoms. The molecule has 26 heavy (non-hydrogen) atoms. The highest BCUT2D eigenvalue weighted by Crippen LogP contribution is 2.21. The predicted molar refractivity (Wildman–Crippen MR) is 100 cm³/mol. The first kappa shape index (κ1) is 17.3. The number of hydrogen-bond donors (Lipinski definition) is 3. The summed E-state index contributed by atoms with van der Waals surface area (Å²) in [6.45, 7) is 3.31. The van der Waals surface area contributed by atoms with Gasteiger partial charge in [-0.05, 0) is 49.4 Å². The number of carbonyl (C=O) groups is 1. The Balaban J connectivity index is 1.76. The molecule has 1 amide bonds. The van der Waals surface area contributed by atoms with Gasteiger partial charge in [0.15, 0.2) is 0 Å². The molecule has 0 spiro atoms. The fraction of sp³-hybridized carbons (Fsp3) is 0.105. The van der Waals surface area contributed by atoms with Gasteiger partial charge in [-0.25, -0.2) is 9.37 Å². The van der Waals surface area contributed by atoms with Crippen molar-refractivity contribution in [3.63, 3.8) is 0 Å². The summed E-state index contributed by atoms with van der Waals surface area (Å²) in [5.41, 5.74) is 2.86. The molecule has 3 aromatic rings. The van der Waals surface area contributed by atoms with Gasteiger partial charge in [-0.2, -0.15) is 4.98 Å². The maximum atomic E-state index is 13.3. The second-order valence-electron chi connectivity index (χ2n) is 5.74. The minimum Gasteiger partial charge on any atom is -0.340 e. The summed E-state index contributed by atoms with van der Waals surface area (Å²) < 4.78 is 13.3. The molecule has 7 heteroatoms. The fourth-order valence-corrected chi connectivity index (χ4v) is 2.37. The molecule has 3 N–H and O–H groups in total. The van der Waals surface area contributed by atoms with Gasteiger partial charge in [0.2, 0.25) is 11.9 Å². The number of amides is 1. The van der Waals surface area contributed by atoms with Crippen LogP contribution in [0.1, 0.15) is 12.6 Å². The lowest BCUT2D eigenvalue weighted by Crippen LogP contribution is -2.05. The standard InChI is InChI=1S/C19H18FN5O/c1-12-10-18(23-16-8-6-15(7-9-16)22-13(2)26)25-19(21-12)24-17-5-3-4-14(20)11-17/h3-11H,1-2H3,(H,22,26)(H2,21,23,24,25). The Morgan fingerprint density at radius 2 is 1.65 bits per heavy atom. The number of hydrogen-bond acceptors (Lipinski definition) is 5. The number of aryl methyl sites for hydroxylation is 1. The van der Waals surface area contributed by atoms with Crippen LogP contribution in [-0.2, 0) is 4.79 Å². The summed E-state index contributed by atoms with van der Waals surface area (Å²) in [5, 5.41) is 8.89. The van der Waals surface area contributed by atoms with Crippen LogP contribution in [0.2, 0.25) is 0 Å². The van der Waals surface area contributed by atoms with Crippen LogP contribution in [0, 0.1) is 12.7 Å². The number of carbonyl (C=O) groups excluding carboxylic acids is 1. The molecule has 2 aromatic carbocycles. The Morgan fingerprint density at radius 1 is 0.923 bits per heavy atom. The van der Waals surface area contributed by atoms with Crippen LogP contribution >= 0.6 is 0 Å². The summed E-state index contributed by atoms with van der Waals surface area (Å²) in [7, 11) is 0. The van der Waals surface area contributed by atoms with Gasteiger partial charge < -0.3 is 16.0 Å². The monoisotopic (exact) mass is 351 g/mol. The average Bonchev–Trinajstić information content (AvgIpc) is 2.56. The number of aromatic nitrogens is 2. The lowest BCUT2D eigenvalue weighted by atomic mass is 10.2. The summed E-state index contributed by atoms with van der Waals surface area (Å²) in [6.07, 6.45) is 0. The number of anilines is 5. The van der Waals surface area contributed by atoms with Crippen LogP contribution in [0.15, 0.2) is 54.6 Å². The van der Waals surface area contributed by atoms with Crippen molar-refractivity contribution in [1.29, 1.82) is 0 Å². The van der Waals surface area contributed by atoms with E-state index in [1.54, 1.807) is 30.3 Å². The van der Waals surface area contributed by atoms with Gasteiger partial charge in [-0.15, -0.1) is 0 Å². The van der Waals surface area contributed by atoms with Crippen molar-refractivity contribution in [2.24, 2.45) is 0 Å². The van der Waals surface area contributed by atoms with Crippen LogP contribution in [-0.4, -0.2) is 15.9 Å². The molecule has 1 heterocycles. The van der Waals surface area contributed by atoms with Crippen molar-refractivity contribution in [3.8, 4) is 0 Å². The fourth-order valence-electron chi connectivity index (χ4n) is 2.37. The predicted octanol–water partition coefficient (Wildman–Crippen LogP) is 4.37. The normalized spacial score (nSPS) is 10.3. The molecule has 0 atom stereocenters. The molecule has 0 saturated heterocycles. The molecular formula is C19H18FN5O. The molecule has 3 rings (SSSR count). The van der Waals surface area contributed by atoms with Crippen molar-refractivity contribution >= 4 is 34.7 Å². The zero-order valence-corrected chi connectivity index (χ0v) is 14.4. The molecule has 0 aliphatic carbocycles. The third kappa shape index (κ3) is 4.76. The highest BCUT2D eigenvalue weighted by molar-refractivity contribution is 5.88. The van der Waals surface area contributed by atoms with E-state index >= 15 is 0 Å². The van der Waals surface area contributed by atoms with E-state index in [1.807, 2.05) is 19.1 Å². The molecule has 0 aliphatic rings. The van der Waals surface area contributed by atoms with Crippen LogP contribution in [0.25, 0.3) is 0 Å². The summed E-state index contributed by atoms with van der Waals surface area (Å²) in [6, 6.07) is 15.2. The molecule has 6 nitrogen and oxygen atoms in total. The Hall–Kier alpha value is -3.48. The quantitative estimate of drug-likeness (QED) is 0.636. The third-order valence-corrected chi connectivity index (χ3v) is 3.41. The second-order valence-corrected chi connectivity index (χ2v) is 5.74. The zero-order valence-electron chi connectivity index (χ0n) is 14.4. The maximum Gasteiger partial charge on any atom is 0.229 e. The largest absolute Gasteiger partial charge is 0.340 e. The first-order chi connectivity index (χ1) is 12.5. The number of benzene rings is 2. The number of nitrogens with one attached hydrogen (secondary N) is 3. The molecule has 0 aliphatic heterocycles. The summed E-state index contributed by atoms with van der Waals surface area (Å²) in [5.74, 6) is 0.516. The number of nitrogens with zero attached hydrogens (tertiary/aromatic N) is 2. The van der Waals surface area contributed by atoms with Crippen molar-refractivity contribution in [2.75, 3.05) is 16.0 Å². The van der Waals surface area contributed by atoms with Crippen LogP contribution < -0.4 is 16.0 Å². The van der Waals surface area contributed by atoms with Crippen molar-refractivity contribution < 1.29 is 9.18 Å². The SMILES string of the molecule is CC(=O)Nc1ccc(Nc2cc(C)nc(Nc3cccc(F)c3)n2)cc1. The zero-order chi connectivity index (χ0) is 18.5. The molecule has 0 unspecified atom stereocenters. The highest BCUT2D eigenvalue weighted by Gasteiger charge is 2.05. The Kier molecular flexibility index (Phi) is 5.07. The lowest BCUT2D eigenvalue weighted by molar-refractivity contribution is -0.114. The minimum absolute atomic E-state index is 0.120. The highest BCUT2D eigenvalue weighted by atomic mass is 19.1. The van der Waals surface area contributed by atoms with Gasteiger partial charge in [0.25, 0.3) is 0 Å². The van der Waals surface area contributed by atoms with Gasteiger partial charge in [0, 0.05) is 35.7 Å². The number of rotatable bonds is 5. The molecule has 0 radical (unpaired) electrons. The summed E-state index contributed by atoms with van der Waals surface area (Å²) >= 11 is 0. The Bertz CT molecular complexity index is 927. The van der Waals surface area contributed by atoms with E-state index in [2.05, 4.69) is 25.9 Å². The van der Waals surface area contributed by atoms with E-state index in [0.717, 1.165) is 17.1 Å². The number of halogens is 1. The first-order valence-electron chi connectivity index (χ1n) is 8.01. The lowest BCUT2D eigenvalue weighted by Gasteiger charge is -2.11. The molecule has 0 saturated carbocycles. The van der Waals surface area contributed by atoms with E-state index in [9.17, 15) is 9.18 Å². The molecule has 0 fully saturated rings. The third-order valence-electron chi connectivity index (χ3n) is 3.41. The van der Waals surface area contributed by atoms with Gasteiger partial charge in [-0.3, -0.25) is 4.79 Å². The molecule has 132 valence electrons. The van der Waals surface area contributed by atoms with Gasteiger partial charge >= 0.3 is 0 Å². The van der Waals surface area contributed by atoms with E-state index in [4.69, 9.17) is 0 Å². The van der Waals surface area contributed by atoms with Crippen LogP contribution in [0.5, 0.6) is 0 Å². The van der Waals surface area contributed by atoms with Crippen LogP contribution in [0.3, 0.4) is 0 Å². The topological polar surface area (TPSA) is 78.9 Å². The van der Waals surface area contributed by atoms with E-state index in [0.29, 0.717) is 17.5 Å². The van der Waals surface area contributed by atoms with E-state index in [1.165, 1.54) is 19.1 Å². The molecular weight excluding hydrogens is 333 g/mol. The van der Waals surface area contributed by atoms with Crippen LogP contribution in [0.4, 0.5) is 33.2 Å². The smallest absolute Gasteiger partial charge is 0.229 e. The first-order valence-corrected chi connectivity index (χ1v) is 8.01. The van der Waals surface area contributed by atoms with E-state index in [-0.39, 0.29) is 11.7 Å². The van der Waals surface area contributed by atoms with Crippen molar-refractivity contribution in [3.05, 3.63) is 66.1 Å². The van der Waals surface area contributed by atoms with Crippen molar-refractivity contribution in [2.45, 2.75) is 13.8 Å². The molecule has 1 aromatic heterocycles. The maximum absolute atomic E-state index is 13.3. The minimum atomic E-state index is -0.333. The Labute approximate surface area is 150 Å². The van der Waals surface area contributed by atoms with Gasteiger partial charge in [0.05, 0.1) is 0 Å². The second kappa shape index (κ2) is 7.60. The summed E-state index contributed by atoms with van der Waals surface area (Å²) in [4.78, 5) is 19.8.